The number of nitrogens with zero attached hydrogens (tertiary/aromatic N) is 1. The van der Waals surface area contributed by atoms with Crippen molar-refractivity contribution in [3.8, 4) is 11.8 Å². The molecule has 142 valence electrons. The van der Waals surface area contributed by atoms with E-state index in [1.807, 2.05) is 0 Å². The molecule has 1 aromatic rings. The monoisotopic (exact) mass is 355 g/mol. The number of aromatic hydroxyl groups is 2. The summed E-state index contributed by atoms with van der Waals surface area (Å²) in [6.07, 6.45) is 10.7. The zero-order chi connectivity index (χ0) is 18.5. The van der Waals surface area contributed by atoms with Crippen LogP contribution in [0, 0.1) is 0 Å². The molecule has 1 rings (SSSR count). The number of carbonyl (C=O) groups is 2. The molecule has 0 radical (unpaired) electrons. The summed E-state index contributed by atoms with van der Waals surface area (Å²) >= 11 is 0. The number of hydrogen-bond acceptors (Lipinski definition) is 5. The molecule has 1 heterocycles. The first-order valence-corrected chi connectivity index (χ1v) is 9.03. The van der Waals surface area contributed by atoms with E-state index in [1.54, 1.807) is 0 Å². The molecule has 0 unspecified atom stereocenters. The second-order valence-electron chi connectivity index (χ2n) is 6.24. The number of carboxylic acid groups (broad SMARTS) is 1. The molecule has 0 fully saturated rings. The van der Waals surface area contributed by atoms with Crippen LogP contribution in [0.15, 0.2) is 12.1 Å². The minimum absolute atomic E-state index is 0.251. The van der Waals surface area contributed by atoms with E-state index >= 15 is 0 Å². The number of hydrogen-bond donors (Lipinski definition) is 3. The number of rotatable bonds is 14. The van der Waals surface area contributed by atoms with Gasteiger partial charge < -0.3 is 20.2 Å². The first-order valence-electron chi connectivity index (χ1n) is 9.03. The highest BCUT2D eigenvalue weighted by molar-refractivity contribution is 5.69. The molecular weight excluding hydrogens is 326 g/mol. The molecule has 7 nitrogen and oxygen atoms in total. The maximum absolute atomic E-state index is 11.6. The highest BCUT2D eigenvalue weighted by atomic mass is 16.7. The van der Waals surface area contributed by atoms with Crippen molar-refractivity contribution in [3.63, 3.8) is 0 Å². The fourth-order valence-corrected chi connectivity index (χ4v) is 2.60. The van der Waals surface area contributed by atoms with E-state index in [0.29, 0.717) is 4.73 Å². The molecule has 0 aliphatic carbocycles. The third-order valence-corrected chi connectivity index (χ3v) is 4.01. The molecule has 0 bridgehead atoms. The molecule has 0 aliphatic heterocycles. The molecular formula is C18H29NO6. The van der Waals surface area contributed by atoms with Crippen molar-refractivity contribution >= 4 is 11.9 Å². The molecule has 0 amide bonds. The van der Waals surface area contributed by atoms with Crippen molar-refractivity contribution in [1.82, 2.24) is 4.73 Å². The van der Waals surface area contributed by atoms with Gasteiger partial charge in [-0.2, -0.15) is 0 Å². The summed E-state index contributed by atoms with van der Waals surface area (Å²) < 4.78 is 0.707. The Kier molecular flexibility index (Phi) is 10.2. The van der Waals surface area contributed by atoms with Crippen molar-refractivity contribution in [3.05, 3.63) is 12.1 Å². The first kappa shape index (κ1) is 20.9. The molecule has 7 heteroatoms. The summed E-state index contributed by atoms with van der Waals surface area (Å²) in [7, 11) is 0. The summed E-state index contributed by atoms with van der Waals surface area (Å²) in [5.41, 5.74) is 0. The molecule has 0 spiro atoms. The van der Waals surface area contributed by atoms with Gasteiger partial charge in [-0.25, -0.2) is 4.79 Å². The number of aliphatic carboxylic acids is 1. The topological polar surface area (TPSA) is 109 Å². The summed E-state index contributed by atoms with van der Waals surface area (Å²) in [6, 6.07) is 2.49. The van der Waals surface area contributed by atoms with Crippen LogP contribution in [0.25, 0.3) is 0 Å². The molecule has 0 aliphatic rings. The molecule has 0 aromatic carbocycles. The van der Waals surface area contributed by atoms with Gasteiger partial charge in [0, 0.05) is 25.0 Å². The fourth-order valence-electron chi connectivity index (χ4n) is 2.60. The average Bonchev–Trinajstić information content (AvgIpc) is 2.87. The molecule has 0 saturated carbocycles. The van der Waals surface area contributed by atoms with E-state index < -0.39 is 11.9 Å². The largest absolute Gasteiger partial charge is 0.492 e. The number of carbonyl (C=O) groups excluding carboxylic acids is 1. The van der Waals surface area contributed by atoms with Crippen LogP contribution in [0.2, 0.25) is 0 Å². The van der Waals surface area contributed by atoms with Gasteiger partial charge in [-0.1, -0.05) is 51.4 Å². The summed E-state index contributed by atoms with van der Waals surface area (Å²) in [6.45, 7) is 0. The second kappa shape index (κ2) is 12.2. The first-order chi connectivity index (χ1) is 12.0. The summed E-state index contributed by atoms with van der Waals surface area (Å²) in [5, 5.41) is 27.3. The third kappa shape index (κ3) is 9.64. The maximum Gasteiger partial charge on any atom is 0.333 e. The Morgan fingerprint density at radius 2 is 1.16 bits per heavy atom. The highest BCUT2D eigenvalue weighted by Crippen LogP contribution is 2.19. The summed E-state index contributed by atoms with van der Waals surface area (Å²) in [5.74, 6) is -1.82. The average molecular weight is 355 g/mol. The molecule has 0 atom stereocenters. The van der Waals surface area contributed by atoms with E-state index in [0.717, 1.165) is 57.8 Å². The molecule has 1 aromatic heterocycles. The van der Waals surface area contributed by atoms with Gasteiger partial charge in [-0.15, -0.1) is 4.73 Å². The van der Waals surface area contributed by atoms with Gasteiger partial charge in [-0.05, 0) is 12.8 Å². The van der Waals surface area contributed by atoms with Crippen LogP contribution in [-0.2, 0) is 9.59 Å². The second-order valence-corrected chi connectivity index (χ2v) is 6.24. The zero-order valence-electron chi connectivity index (χ0n) is 14.7. The van der Waals surface area contributed by atoms with Gasteiger partial charge in [0.2, 0.25) is 11.8 Å². The van der Waals surface area contributed by atoms with Crippen LogP contribution in [-0.4, -0.2) is 32.0 Å². The van der Waals surface area contributed by atoms with Crippen LogP contribution in [0.1, 0.15) is 77.0 Å². The van der Waals surface area contributed by atoms with Crippen LogP contribution in [0.4, 0.5) is 0 Å². The van der Waals surface area contributed by atoms with Crippen molar-refractivity contribution in [2.75, 3.05) is 0 Å². The lowest BCUT2D eigenvalue weighted by atomic mass is 10.1. The van der Waals surface area contributed by atoms with E-state index in [9.17, 15) is 19.8 Å². The van der Waals surface area contributed by atoms with Gasteiger partial charge in [0.15, 0.2) is 0 Å². The lowest BCUT2D eigenvalue weighted by molar-refractivity contribution is -0.145. The van der Waals surface area contributed by atoms with Crippen molar-refractivity contribution in [2.24, 2.45) is 0 Å². The van der Waals surface area contributed by atoms with Crippen LogP contribution in [0.5, 0.6) is 11.8 Å². The number of aromatic nitrogens is 1. The van der Waals surface area contributed by atoms with Gasteiger partial charge in [0.1, 0.15) is 0 Å². The molecule has 0 saturated heterocycles. The lowest BCUT2D eigenvalue weighted by Gasteiger charge is -2.06. The van der Waals surface area contributed by atoms with Crippen LogP contribution in [0.3, 0.4) is 0 Å². The van der Waals surface area contributed by atoms with Crippen molar-refractivity contribution in [1.29, 1.82) is 0 Å². The highest BCUT2D eigenvalue weighted by Gasteiger charge is 2.11. The number of carboxylic acids is 1. The fraction of sp³-hybridized carbons (Fsp3) is 0.667. The smallest absolute Gasteiger partial charge is 0.333 e. The standard InChI is InChI=1S/C18H29NO6/c20-15-13-14-16(21)19(15)25-18(24)12-10-8-6-4-2-1-3-5-7-9-11-17(22)23/h13-14,20-21H,1-12H2,(H,22,23). The van der Waals surface area contributed by atoms with Gasteiger partial charge in [0.25, 0.3) is 0 Å². The Balaban J connectivity index is 1.90. The van der Waals surface area contributed by atoms with Gasteiger partial charge in [0.05, 0.1) is 0 Å². The Morgan fingerprint density at radius 1 is 0.760 bits per heavy atom. The van der Waals surface area contributed by atoms with Crippen molar-refractivity contribution < 1.29 is 29.7 Å². The predicted molar refractivity (Wildman–Crippen MR) is 92.4 cm³/mol. The van der Waals surface area contributed by atoms with Gasteiger partial charge in [-0.3, -0.25) is 4.79 Å². The third-order valence-electron chi connectivity index (χ3n) is 4.01. The Labute approximate surface area is 148 Å². The summed E-state index contributed by atoms with van der Waals surface area (Å²) in [4.78, 5) is 26.8. The van der Waals surface area contributed by atoms with Crippen molar-refractivity contribution in [2.45, 2.75) is 77.0 Å². The molecule has 3 N–H and O–H groups in total. The SMILES string of the molecule is O=C(O)CCCCCCCCCCCCC(=O)On1c(O)ccc1O. The lowest BCUT2D eigenvalue weighted by Crippen LogP contribution is -2.18. The van der Waals surface area contributed by atoms with E-state index in [1.165, 1.54) is 18.6 Å². The van der Waals surface area contributed by atoms with E-state index in [-0.39, 0.29) is 24.6 Å². The zero-order valence-corrected chi connectivity index (χ0v) is 14.7. The minimum atomic E-state index is -0.717. The Hall–Kier alpha value is -2.18. The minimum Gasteiger partial charge on any atom is -0.492 e. The maximum atomic E-state index is 11.6. The van der Waals surface area contributed by atoms with Crippen LogP contribution < -0.4 is 4.84 Å². The van der Waals surface area contributed by atoms with Crippen LogP contribution >= 0.6 is 0 Å². The van der Waals surface area contributed by atoms with E-state index in [4.69, 9.17) is 9.94 Å². The Morgan fingerprint density at radius 3 is 1.60 bits per heavy atom. The van der Waals surface area contributed by atoms with Gasteiger partial charge >= 0.3 is 11.9 Å². The quantitative estimate of drug-likeness (QED) is 0.440. The number of unbranched alkanes of at least 4 members (excludes halogenated alkanes) is 9. The molecule has 25 heavy (non-hydrogen) atoms. The normalized spacial score (nSPS) is 10.7. The Bertz CT molecular complexity index is 506. The predicted octanol–water partition coefficient (Wildman–Crippen LogP) is 3.62. The van der Waals surface area contributed by atoms with E-state index in [2.05, 4.69) is 0 Å².